The third-order valence-electron chi connectivity index (χ3n) is 3.70. The molecular weight excluding hydrogens is 414 g/mol. The van der Waals surface area contributed by atoms with Gasteiger partial charge in [0, 0.05) is 23.9 Å². The Morgan fingerprint density at radius 2 is 2.18 bits per heavy atom. The van der Waals surface area contributed by atoms with Gasteiger partial charge in [0.15, 0.2) is 4.34 Å². The van der Waals surface area contributed by atoms with E-state index in [4.69, 9.17) is 9.26 Å². The fourth-order valence-corrected chi connectivity index (χ4v) is 4.82. The van der Waals surface area contributed by atoms with Crippen LogP contribution >= 0.6 is 34.4 Å². The van der Waals surface area contributed by atoms with Crippen LogP contribution in [-0.2, 0) is 6.42 Å². The van der Waals surface area contributed by atoms with Gasteiger partial charge in [-0.05, 0) is 30.0 Å². The molecule has 28 heavy (non-hydrogen) atoms. The number of thioether (sulfide) groups is 1. The summed E-state index contributed by atoms with van der Waals surface area (Å²) in [4.78, 5) is 5.46. The van der Waals surface area contributed by atoms with Gasteiger partial charge in [-0.3, -0.25) is 0 Å². The number of hydrogen-bond donors (Lipinski definition) is 1. The van der Waals surface area contributed by atoms with Crippen LogP contribution in [0.25, 0.3) is 10.7 Å². The van der Waals surface area contributed by atoms with Crippen molar-refractivity contribution in [3.63, 3.8) is 0 Å². The Hall–Kier alpha value is -2.43. The van der Waals surface area contributed by atoms with Crippen LogP contribution in [0.3, 0.4) is 0 Å². The smallest absolute Gasteiger partial charge is 0.227 e. The molecular formula is C18H17N5O2S3. The van der Waals surface area contributed by atoms with Crippen LogP contribution in [0.1, 0.15) is 12.3 Å². The van der Waals surface area contributed by atoms with E-state index in [-0.39, 0.29) is 0 Å². The third kappa shape index (κ3) is 4.89. The molecule has 3 heterocycles. The first kappa shape index (κ1) is 18.9. The molecule has 144 valence electrons. The first-order valence-corrected chi connectivity index (χ1v) is 11.2. The van der Waals surface area contributed by atoms with Gasteiger partial charge in [-0.1, -0.05) is 40.4 Å². The van der Waals surface area contributed by atoms with E-state index in [1.54, 1.807) is 30.2 Å². The summed E-state index contributed by atoms with van der Waals surface area (Å²) >= 11 is 4.81. The van der Waals surface area contributed by atoms with Gasteiger partial charge < -0.3 is 14.6 Å². The zero-order valence-electron chi connectivity index (χ0n) is 15.0. The van der Waals surface area contributed by atoms with Gasteiger partial charge >= 0.3 is 0 Å². The molecule has 10 heteroatoms. The van der Waals surface area contributed by atoms with E-state index in [1.807, 2.05) is 41.8 Å². The number of hydrogen-bond acceptors (Lipinski definition) is 10. The number of aromatic nitrogens is 4. The topological polar surface area (TPSA) is 86.0 Å². The van der Waals surface area contributed by atoms with Crippen molar-refractivity contribution in [2.24, 2.45) is 0 Å². The summed E-state index contributed by atoms with van der Waals surface area (Å²) in [5.74, 6) is 3.04. The molecule has 7 nitrogen and oxygen atoms in total. The predicted molar refractivity (Wildman–Crippen MR) is 113 cm³/mol. The molecule has 0 amide bonds. The SMILES string of the molecule is COc1cccc(Nc2nnc(SCCCc3nc(-c4cccs4)no3)s2)c1. The number of methoxy groups -OCH3 is 1. The van der Waals surface area contributed by atoms with E-state index in [0.717, 1.165) is 44.4 Å². The highest BCUT2D eigenvalue weighted by molar-refractivity contribution is 8.01. The molecule has 0 unspecified atom stereocenters. The Bertz CT molecular complexity index is 1020. The molecule has 3 aromatic heterocycles. The van der Waals surface area contributed by atoms with Crippen LogP contribution in [0, 0.1) is 0 Å². The number of thiophene rings is 1. The summed E-state index contributed by atoms with van der Waals surface area (Å²) < 4.78 is 11.5. The van der Waals surface area contributed by atoms with Crippen LogP contribution in [0.2, 0.25) is 0 Å². The van der Waals surface area contributed by atoms with E-state index in [9.17, 15) is 0 Å². The standard InChI is InChI=1S/C18H17N5O2S3/c1-24-13-6-2-5-12(11-13)19-17-21-22-18(28-17)27-10-4-8-15-20-16(23-25-15)14-7-3-9-26-14/h2-3,5-7,9,11H,4,8,10H2,1H3,(H,19,21). The van der Waals surface area contributed by atoms with Crippen molar-refractivity contribution < 1.29 is 9.26 Å². The highest BCUT2D eigenvalue weighted by Gasteiger charge is 2.10. The molecule has 0 atom stereocenters. The summed E-state index contributed by atoms with van der Waals surface area (Å²) in [5.41, 5.74) is 0.921. The number of nitrogens with one attached hydrogen (secondary N) is 1. The van der Waals surface area contributed by atoms with E-state index in [2.05, 4.69) is 25.7 Å². The average Bonchev–Trinajstić information content (AvgIpc) is 3.47. The van der Waals surface area contributed by atoms with Crippen molar-refractivity contribution >= 4 is 45.3 Å². The predicted octanol–water partition coefficient (Wildman–Crippen LogP) is 5.13. The molecule has 4 rings (SSSR count). The number of rotatable bonds is 9. The quantitative estimate of drug-likeness (QED) is 0.288. The Kier molecular flexibility index (Phi) is 6.20. The molecule has 0 fully saturated rings. The molecule has 0 radical (unpaired) electrons. The largest absolute Gasteiger partial charge is 0.497 e. The van der Waals surface area contributed by atoms with Gasteiger partial charge in [0.1, 0.15) is 5.75 Å². The zero-order chi connectivity index (χ0) is 19.2. The number of anilines is 2. The van der Waals surface area contributed by atoms with Crippen LogP contribution in [0.4, 0.5) is 10.8 Å². The molecule has 0 aliphatic carbocycles. The second kappa shape index (κ2) is 9.18. The Balaban J connectivity index is 1.23. The van der Waals surface area contributed by atoms with Crippen molar-refractivity contribution in [3.05, 3.63) is 47.7 Å². The number of nitrogens with zero attached hydrogens (tertiary/aromatic N) is 4. The minimum absolute atomic E-state index is 0.662. The first-order valence-electron chi connectivity index (χ1n) is 8.54. The van der Waals surface area contributed by atoms with Gasteiger partial charge in [-0.2, -0.15) is 4.98 Å². The summed E-state index contributed by atoms with van der Waals surface area (Å²) in [5, 5.41) is 18.5. The highest BCUT2D eigenvalue weighted by atomic mass is 32.2. The fraction of sp³-hybridized carbons (Fsp3) is 0.222. The van der Waals surface area contributed by atoms with Crippen LogP contribution in [0.5, 0.6) is 5.75 Å². The molecule has 0 spiro atoms. The van der Waals surface area contributed by atoms with Gasteiger partial charge in [0.2, 0.25) is 16.8 Å². The van der Waals surface area contributed by atoms with Crippen molar-refractivity contribution in [1.82, 2.24) is 20.3 Å². The van der Waals surface area contributed by atoms with Crippen molar-refractivity contribution in [2.75, 3.05) is 18.2 Å². The molecule has 0 aliphatic rings. The molecule has 0 saturated heterocycles. The number of benzene rings is 1. The van der Waals surface area contributed by atoms with E-state index >= 15 is 0 Å². The molecule has 1 N–H and O–H groups in total. The third-order valence-corrected chi connectivity index (χ3v) is 6.62. The summed E-state index contributed by atoms with van der Waals surface area (Å²) in [6.45, 7) is 0. The normalized spacial score (nSPS) is 10.9. The van der Waals surface area contributed by atoms with E-state index in [1.165, 1.54) is 11.3 Å². The minimum Gasteiger partial charge on any atom is -0.497 e. The second-order valence-corrected chi connectivity index (χ2v) is 8.94. The Morgan fingerprint density at radius 3 is 3.04 bits per heavy atom. The summed E-state index contributed by atoms with van der Waals surface area (Å²) in [6.07, 6.45) is 1.67. The van der Waals surface area contributed by atoms with Crippen molar-refractivity contribution in [2.45, 2.75) is 17.2 Å². The van der Waals surface area contributed by atoms with E-state index < -0.39 is 0 Å². The number of aryl methyl sites for hydroxylation is 1. The van der Waals surface area contributed by atoms with Gasteiger partial charge in [-0.15, -0.1) is 21.5 Å². The molecule has 0 saturated carbocycles. The van der Waals surface area contributed by atoms with Crippen LogP contribution < -0.4 is 10.1 Å². The lowest BCUT2D eigenvalue weighted by molar-refractivity contribution is 0.378. The lowest BCUT2D eigenvalue weighted by Gasteiger charge is -2.04. The maximum Gasteiger partial charge on any atom is 0.227 e. The minimum atomic E-state index is 0.662. The lowest BCUT2D eigenvalue weighted by Crippen LogP contribution is -1.90. The summed E-state index contributed by atoms with van der Waals surface area (Å²) in [6, 6.07) is 11.7. The van der Waals surface area contributed by atoms with Gasteiger partial charge in [0.05, 0.1) is 12.0 Å². The van der Waals surface area contributed by atoms with E-state index in [0.29, 0.717) is 11.7 Å². The molecule has 4 aromatic rings. The molecule has 0 aliphatic heterocycles. The maximum atomic E-state index is 5.32. The average molecular weight is 432 g/mol. The second-order valence-electron chi connectivity index (χ2n) is 5.67. The van der Waals surface area contributed by atoms with Crippen LogP contribution in [0.15, 0.2) is 50.6 Å². The van der Waals surface area contributed by atoms with Crippen molar-refractivity contribution in [1.29, 1.82) is 0 Å². The molecule has 1 aromatic carbocycles. The number of ether oxygens (including phenoxy) is 1. The van der Waals surface area contributed by atoms with Gasteiger partial charge in [-0.25, -0.2) is 0 Å². The van der Waals surface area contributed by atoms with Crippen LogP contribution in [-0.4, -0.2) is 33.2 Å². The zero-order valence-corrected chi connectivity index (χ0v) is 17.4. The van der Waals surface area contributed by atoms with Crippen molar-refractivity contribution in [3.8, 4) is 16.5 Å². The fourth-order valence-electron chi connectivity index (χ4n) is 2.39. The Morgan fingerprint density at radius 1 is 1.21 bits per heavy atom. The Labute approximate surface area is 174 Å². The lowest BCUT2D eigenvalue weighted by atomic mass is 10.3. The monoisotopic (exact) mass is 431 g/mol. The maximum absolute atomic E-state index is 5.32. The summed E-state index contributed by atoms with van der Waals surface area (Å²) in [7, 11) is 1.65. The molecule has 0 bridgehead atoms. The van der Waals surface area contributed by atoms with Gasteiger partial charge in [0.25, 0.3) is 0 Å². The first-order chi connectivity index (χ1) is 13.8. The highest BCUT2D eigenvalue weighted by Crippen LogP contribution is 2.29.